The zero-order valence-electron chi connectivity index (χ0n) is 19.4. The number of hydrogen-bond acceptors (Lipinski definition) is 7. The number of nitrogens with zero attached hydrogens (tertiary/aromatic N) is 3. The Balaban J connectivity index is 1.80. The topological polar surface area (TPSA) is 137 Å². The molecule has 0 aliphatic carbocycles. The molecule has 0 aromatic carbocycles. The van der Waals surface area contributed by atoms with Crippen LogP contribution in [0.15, 0.2) is 11.1 Å². The van der Waals surface area contributed by atoms with Crippen molar-refractivity contribution in [2.45, 2.75) is 77.5 Å². The number of H-pyrrole nitrogens is 1. The minimum atomic E-state index is -1.93. The third-order valence-electron chi connectivity index (χ3n) is 6.21. The Labute approximate surface area is 183 Å². The standard InChI is InChI=1S/C20H34N6O4Si/c1-11(2)17(27)24-19-23-16-15(18(28)25-19)22-10-26(16)14-8-12(21)13(30-14)9-29-31(6,7)20(3,4)5/h10-14H,8-9,21H2,1-7H3,(H2,23,24,25,27,28)/t12-,13+,14+/m0/s1. The Morgan fingerprint density at radius 2 is 2.13 bits per heavy atom. The first-order valence-corrected chi connectivity index (χ1v) is 13.5. The van der Waals surface area contributed by atoms with Crippen molar-refractivity contribution in [3.8, 4) is 0 Å². The van der Waals surface area contributed by atoms with E-state index < -0.39 is 20.1 Å². The van der Waals surface area contributed by atoms with E-state index >= 15 is 0 Å². The Kier molecular flexibility index (Phi) is 6.43. The van der Waals surface area contributed by atoms with Gasteiger partial charge >= 0.3 is 0 Å². The van der Waals surface area contributed by atoms with Crippen LogP contribution in [0.3, 0.4) is 0 Å². The highest BCUT2D eigenvalue weighted by Gasteiger charge is 2.40. The van der Waals surface area contributed by atoms with Crippen LogP contribution in [0, 0.1) is 5.92 Å². The van der Waals surface area contributed by atoms with Crippen LogP contribution in [0.4, 0.5) is 5.95 Å². The van der Waals surface area contributed by atoms with Gasteiger partial charge in [0.2, 0.25) is 11.9 Å². The smallest absolute Gasteiger partial charge is 0.280 e. The number of nitrogens with one attached hydrogen (secondary N) is 2. The quantitative estimate of drug-likeness (QED) is 0.574. The van der Waals surface area contributed by atoms with Crippen LogP contribution in [0.5, 0.6) is 0 Å². The summed E-state index contributed by atoms with van der Waals surface area (Å²) >= 11 is 0. The van der Waals surface area contributed by atoms with Crippen molar-refractivity contribution in [3.05, 3.63) is 16.7 Å². The van der Waals surface area contributed by atoms with Gasteiger partial charge in [0.15, 0.2) is 19.5 Å². The summed E-state index contributed by atoms with van der Waals surface area (Å²) in [7, 11) is -1.93. The van der Waals surface area contributed by atoms with E-state index in [2.05, 4.69) is 54.1 Å². The molecule has 1 amide bonds. The molecule has 3 atom stereocenters. The maximum Gasteiger partial charge on any atom is 0.280 e. The molecule has 2 aromatic heterocycles. The fraction of sp³-hybridized carbons (Fsp3) is 0.700. The van der Waals surface area contributed by atoms with Gasteiger partial charge in [-0.1, -0.05) is 34.6 Å². The maximum absolute atomic E-state index is 12.4. The van der Waals surface area contributed by atoms with E-state index in [0.29, 0.717) is 18.7 Å². The predicted molar refractivity (Wildman–Crippen MR) is 121 cm³/mol. The van der Waals surface area contributed by atoms with Crippen LogP contribution in [0.25, 0.3) is 11.2 Å². The zero-order valence-corrected chi connectivity index (χ0v) is 20.4. The van der Waals surface area contributed by atoms with Crippen molar-refractivity contribution < 1.29 is 14.0 Å². The summed E-state index contributed by atoms with van der Waals surface area (Å²) in [6, 6.07) is -0.214. The van der Waals surface area contributed by atoms with Gasteiger partial charge in [0.1, 0.15) is 6.23 Å². The number of aromatic nitrogens is 4. The summed E-state index contributed by atoms with van der Waals surface area (Å²) < 4.78 is 14.2. The number of carbonyl (C=O) groups is 1. The number of aromatic amines is 1. The van der Waals surface area contributed by atoms with Crippen molar-refractivity contribution in [1.82, 2.24) is 19.5 Å². The molecule has 0 bridgehead atoms. The van der Waals surface area contributed by atoms with Gasteiger partial charge in [0, 0.05) is 18.4 Å². The first-order valence-electron chi connectivity index (χ1n) is 10.6. The second kappa shape index (κ2) is 8.45. The van der Waals surface area contributed by atoms with Crippen LogP contribution in [0.2, 0.25) is 18.1 Å². The number of carbonyl (C=O) groups excluding carboxylic acids is 1. The molecular weight excluding hydrogens is 416 g/mol. The summed E-state index contributed by atoms with van der Waals surface area (Å²) in [5.74, 6) is -0.405. The molecule has 1 saturated heterocycles. The fourth-order valence-electron chi connectivity index (χ4n) is 3.05. The highest BCUT2D eigenvalue weighted by atomic mass is 28.4. The molecule has 3 heterocycles. The number of fused-ring (bicyclic) bond motifs is 1. The second-order valence-electron chi connectivity index (χ2n) is 9.98. The Morgan fingerprint density at radius 3 is 2.74 bits per heavy atom. The maximum atomic E-state index is 12.4. The lowest BCUT2D eigenvalue weighted by Gasteiger charge is -2.37. The Morgan fingerprint density at radius 1 is 1.45 bits per heavy atom. The lowest BCUT2D eigenvalue weighted by molar-refractivity contribution is -0.118. The molecule has 0 radical (unpaired) electrons. The van der Waals surface area contributed by atoms with Crippen molar-refractivity contribution >= 4 is 31.3 Å². The Hall–Kier alpha value is -2.08. The van der Waals surface area contributed by atoms with Gasteiger partial charge in [0.25, 0.3) is 5.56 Å². The molecule has 1 aliphatic heterocycles. The summed E-state index contributed by atoms with van der Waals surface area (Å²) in [6.07, 6.45) is 1.38. The van der Waals surface area contributed by atoms with Crippen LogP contribution >= 0.6 is 0 Å². The molecule has 1 fully saturated rings. The molecule has 172 valence electrons. The SMILES string of the molecule is CC(C)C(=O)Nc1nc2c(ncn2[C@H]2C[C@H](N)[C@@H](CO[Si](C)(C)C(C)(C)C)O2)c(=O)[nH]1. The monoisotopic (exact) mass is 450 g/mol. The number of nitrogens with two attached hydrogens (primary N) is 1. The average molecular weight is 451 g/mol. The van der Waals surface area contributed by atoms with E-state index in [1.54, 1.807) is 18.4 Å². The molecule has 31 heavy (non-hydrogen) atoms. The first-order chi connectivity index (χ1) is 14.3. The van der Waals surface area contributed by atoms with Gasteiger partial charge in [-0.05, 0) is 18.1 Å². The highest BCUT2D eigenvalue weighted by molar-refractivity contribution is 6.74. The van der Waals surface area contributed by atoms with Crippen LogP contribution in [0.1, 0.15) is 47.3 Å². The molecular formula is C20H34N6O4Si. The lowest BCUT2D eigenvalue weighted by atomic mass is 10.1. The molecule has 10 nitrogen and oxygen atoms in total. The van der Waals surface area contributed by atoms with Crippen molar-refractivity contribution in [2.75, 3.05) is 11.9 Å². The molecule has 0 saturated carbocycles. The van der Waals surface area contributed by atoms with Gasteiger partial charge in [-0.15, -0.1) is 0 Å². The van der Waals surface area contributed by atoms with Crippen LogP contribution in [-0.4, -0.2) is 52.5 Å². The van der Waals surface area contributed by atoms with E-state index in [4.69, 9.17) is 14.9 Å². The molecule has 2 aromatic rings. The van der Waals surface area contributed by atoms with Crippen molar-refractivity contribution in [2.24, 2.45) is 11.7 Å². The van der Waals surface area contributed by atoms with Gasteiger partial charge in [0.05, 0.1) is 19.0 Å². The number of rotatable bonds is 6. The summed E-state index contributed by atoms with van der Waals surface area (Å²) in [4.78, 5) is 35.5. The minimum absolute atomic E-state index is 0.0815. The van der Waals surface area contributed by atoms with Crippen molar-refractivity contribution in [1.29, 1.82) is 0 Å². The van der Waals surface area contributed by atoms with E-state index in [9.17, 15) is 9.59 Å². The third kappa shape index (κ3) is 4.89. The van der Waals surface area contributed by atoms with E-state index in [1.165, 1.54) is 6.33 Å². The molecule has 1 aliphatic rings. The zero-order chi connectivity index (χ0) is 23.1. The molecule has 0 spiro atoms. The van der Waals surface area contributed by atoms with Gasteiger partial charge in [-0.25, -0.2) is 4.98 Å². The van der Waals surface area contributed by atoms with Gasteiger partial charge < -0.3 is 14.9 Å². The number of amides is 1. The van der Waals surface area contributed by atoms with Gasteiger partial charge in [-0.3, -0.25) is 24.5 Å². The van der Waals surface area contributed by atoms with Crippen molar-refractivity contribution in [3.63, 3.8) is 0 Å². The molecule has 11 heteroatoms. The number of ether oxygens (including phenoxy) is 1. The summed E-state index contributed by atoms with van der Waals surface area (Å²) in [5, 5.41) is 2.72. The third-order valence-corrected chi connectivity index (χ3v) is 10.7. The normalized spacial score (nSPS) is 22.4. The average Bonchev–Trinajstić information content (AvgIpc) is 3.22. The molecule has 0 unspecified atom stereocenters. The summed E-state index contributed by atoms with van der Waals surface area (Å²) in [5.41, 5.74) is 6.44. The first kappa shape index (κ1) is 23.6. The van der Waals surface area contributed by atoms with Crippen LogP contribution in [-0.2, 0) is 14.0 Å². The number of anilines is 1. The second-order valence-corrected chi connectivity index (χ2v) is 14.8. The Bertz CT molecular complexity index is 1010. The molecule has 4 N–H and O–H groups in total. The fourth-order valence-corrected chi connectivity index (χ4v) is 4.06. The molecule has 3 rings (SSSR count). The summed E-state index contributed by atoms with van der Waals surface area (Å²) in [6.45, 7) is 14.9. The lowest BCUT2D eigenvalue weighted by Crippen LogP contribution is -2.45. The largest absolute Gasteiger partial charge is 0.414 e. The highest BCUT2D eigenvalue weighted by Crippen LogP contribution is 2.37. The van der Waals surface area contributed by atoms with E-state index in [-0.39, 0.29) is 40.5 Å². The van der Waals surface area contributed by atoms with Gasteiger partial charge in [-0.2, -0.15) is 4.98 Å². The minimum Gasteiger partial charge on any atom is -0.414 e. The number of hydrogen-bond donors (Lipinski definition) is 3. The van der Waals surface area contributed by atoms with Crippen LogP contribution < -0.4 is 16.6 Å². The van der Waals surface area contributed by atoms with E-state index in [0.717, 1.165) is 0 Å². The number of imidazole rings is 1. The predicted octanol–water partition coefficient (Wildman–Crippen LogP) is 2.35. The van der Waals surface area contributed by atoms with E-state index in [1.807, 2.05) is 0 Å².